The molecule has 0 aromatic carbocycles. The molecule has 2 aliphatic rings. The van der Waals surface area contributed by atoms with E-state index >= 15 is 0 Å². The van der Waals surface area contributed by atoms with Crippen LogP contribution in [0.3, 0.4) is 0 Å². The molecule has 1 unspecified atom stereocenters. The standard InChI is InChI=1S/C10H19O.2C5H5.Ti/c1-6-8(2)7-9(11)10(3,4)5;2*1-2-4-5-3-1;/h9,11H,7H2,1-5H3;2*1-5H;/q-1;;;. The van der Waals surface area contributed by atoms with Gasteiger partial charge in [-0.05, 0) is 76.0 Å². The third-order valence-electron chi connectivity index (χ3n) is 3.04. The third-order valence-corrected chi connectivity index (χ3v) is 3.04. The summed E-state index contributed by atoms with van der Waals surface area (Å²) in [6, 6.07) is 0. The summed E-state index contributed by atoms with van der Waals surface area (Å²) in [6.45, 7) is 10.0. The van der Waals surface area contributed by atoms with Crippen LogP contribution in [0.1, 0.15) is 41.0 Å². The van der Waals surface area contributed by atoms with E-state index in [0.29, 0.717) is 0 Å². The first-order valence-electron chi connectivity index (χ1n) is 7.39. The fourth-order valence-electron chi connectivity index (χ4n) is 1.34. The number of rotatable bonds is 2. The Bertz CT molecular complexity index is 232. The smallest absolute Gasteiger partial charge is 0.0598 e. The Morgan fingerprint density at radius 1 is 0.864 bits per heavy atom. The molecule has 0 aromatic heterocycles. The summed E-state index contributed by atoms with van der Waals surface area (Å²) >= 11 is 0. The average Bonchev–Trinajstić information content (AvgIpc) is 3.15. The first-order chi connectivity index (χ1) is 9.88. The van der Waals surface area contributed by atoms with Gasteiger partial charge in [-0.15, -0.1) is 0 Å². The van der Waals surface area contributed by atoms with Gasteiger partial charge >= 0.3 is 0 Å². The molecule has 0 spiro atoms. The van der Waals surface area contributed by atoms with Crippen molar-refractivity contribution in [1.29, 1.82) is 0 Å². The molecule has 0 aromatic rings. The van der Waals surface area contributed by atoms with Gasteiger partial charge in [-0.3, -0.25) is 5.57 Å². The summed E-state index contributed by atoms with van der Waals surface area (Å²) < 4.78 is 0. The molecule has 0 saturated heterocycles. The maximum atomic E-state index is 9.63. The molecule has 0 bridgehead atoms. The zero-order chi connectivity index (χ0) is 16.1. The van der Waals surface area contributed by atoms with Crippen molar-refractivity contribution in [3.8, 4) is 0 Å². The Kier molecular flexibility index (Phi) is 16.8. The predicted molar refractivity (Wildman–Crippen MR) is 91.2 cm³/mol. The van der Waals surface area contributed by atoms with Gasteiger partial charge in [0.1, 0.15) is 0 Å². The second-order valence-corrected chi connectivity index (χ2v) is 6.04. The van der Waals surface area contributed by atoms with Crippen molar-refractivity contribution in [1.82, 2.24) is 0 Å². The Morgan fingerprint density at radius 3 is 1.32 bits per heavy atom. The van der Waals surface area contributed by atoms with Crippen LogP contribution in [0.2, 0.25) is 0 Å². The molecule has 2 fully saturated rings. The van der Waals surface area contributed by atoms with Crippen LogP contribution < -0.4 is 0 Å². The Hall–Kier alpha value is 0.414. The van der Waals surface area contributed by atoms with Crippen LogP contribution in [0, 0.1) is 75.7 Å². The SMILES string of the molecule is C[C-]=C(C)CC(O)C(C)(C)C.[CH]1[CH][CH][CH][CH]1.[CH]1[CH][CH][CH][CH]1.[Ti]. The van der Waals surface area contributed by atoms with Gasteiger partial charge in [0.2, 0.25) is 0 Å². The molecular formula is C20H29OTi-. The summed E-state index contributed by atoms with van der Waals surface area (Å²) in [5.41, 5.74) is 1.12. The van der Waals surface area contributed by atoms with Crippen LogP contribution in [-0.2, 0) is 21.7 Å². The zero-order valence-corrected chi connectivity index (χ0v) is 16.1. The van der Waals surface area contributed by atoms with E-state index in [1.807, 2.05) is 98.8 Å². The van der Waals surface area contributed by atoms with E-state index in [1.165, 1.54) is 0 Å². The largest absolute Gasteiger partial charge is 0.501 e. The molecule has 2 rings (SSSR count). The van der Waals surface area contributed by atoms with E-state index in [-0.39, 0.29) is 33.2 Å². The minimum Gasteiger partial charge on any atom is -0.501 e. The van der Waals surface area contributed by atoms with Crippen LogP contribution in [-0.4, -0.2) is 11.2 Å². The van der Waals surface area contributed by atoms with Gasteiger partial charge in [-0.25, -0.2) is 0 Å². The van der Waals surface area contributed by atoms with E-state index in [1.54, 1.807) is 0 Å². The molecule has 1 atom stereocenters. The summed E-state index contributed by atoms with van der Waals surface area (Å²) in [5.74, 6) is 0. The Labute approximate surface area is 155 Å². The molecule has 0 amide bonds. The van der Waals surface area contributed by atoms with Gasteiger partial charge in [0.15, 0.2) is 0 Å². The van der Waals surface area contributed by atoms with E-state index < -0.39 is 0 Å². The van der Waals surface area contributed by atoms with Crippen molar-refractivity contribution in [2.75, 3.05) is 0 Å². The average molecular weight is 333 g/mol. The van der Waals surface area contributed by atoms with Crippen LogP contribution in [0.25, 0.3) is 0 Å². The number of aliphatic hydroxyl groups excluding tert-OH is 1. The fourth-order valence-corrected chi connectivity index (χ4v) is 1.34. The molecule has 2 saturated carbocycles. The maximum Gasteiger partial charge on any atom is 0.0598 e. The summed E-state index contributed by atoms with van der Waals surface area (Å²) in [6.07, 6.45) is 23.5. The van der Waals surface area contributed by atoms with Gasteiger partial charge < -0.3 is 11.2 Å². The number of hydrogen-bond acceptors (Lipinski definition) is 1. The summed E-state index contributed by atoms with van der Waals surface area (Å²) in [4.78, 5) is 0. The molecule has 22 heavy (non-hydrogen) atoms. The summed E-state index contributed by atoms with van der Waals surface area (Å²) in [5, 5.41) is 9.63. The van der Waals surface area contributed by atoms with E-state index in [2.05, 4.69) is 6.08 Å². The summed E-state index contributed by atoms with van der Waals surface area (Å²) in [7, 11) is 0. The van der Waals surface area contributed by atoms with Gasteiger partial charge in [0, 0.05) is 21.7 Å². The van der Waals surface area contributed by atoms with Crippen molar-refractivity contribution >= 4 is 0 Å². The molecular weight excluding hydrogens is 304 g/mol. The van der Waals surface area contributed by atoms with E-state index in [4.69, 9.17) is 0 Å². The minimum atomic E-state index is -0.255. The molecule has 2 aliphatic carbocycles. The quantitative estimate of drug-likeness (QED) is 0.579. The second kappa shape index (κ2) is 15.0. The van der Waals surface area contributed by atoms with Crippen molar-refractivity contribution in [3.63, 3.8) is 0 Å². The molecule has 0 aliphatic heterocycles. The Morgan fingerprint density at radius 2 is 1.14 bits per heavy atom. The van der Waals surface area contributed by atoms with E-state index in [0.717, 1.165) is 12.0 Å². The maximum absolute atomic E-state index is 9.63. The Balaban J connectivity index is 0. The topological polar surface area (TPSA) is 20.2 Å². The number of aliphatic hydroxyl groups is 1. The first-order valence-corrected chi connectivity index (χ1v) is 7.39. The molecule has 0 heterocycles. The molecule has 2 heteroatoms. The van der Waals surface area contributed by atoms with Gasteiger partial charge in [-0.2, -0.15) is 6.92 Å². The molecule has 1 N–H and O–H groups in total. The second-order valence-electron chi connectivity index (χ2n) is 6.04. The first kappa shape index (κ1) is 24.7. The van der Waals surface area contributed by atoms with Gasteiger partial charge in [0.25, 0.3) is 0 Å². The van der Waals surface area contributed by atoms with Gasteiger partial charge in [-0.1, -0.05) is 27.7 Å². The molecule has 10 radical (unpaired) electrons. The monoisotopic (exact) mass is 333 g/mol. The minimum absolute atomic E-state index is 0. The van der Waals surface area contributed by atoms with Crippen LogP contribution in [0.4, 0.5) is 0 Å². The van der Waals surface area contributed by atoms with Crippen molar-refractivity contribution in [3.05, 3.63) is 75.9 Å². The van der Waals surface area contributed by atoms with Crippen LogP contribution in [0.5, 0.6) is 0 Å². The zero-order valence-electron chi connectivity index (χ0n) is 14.5. The number of allylic oxidation sites excluding steroid dienone is 1. The van der Waals surface area contributed by atoms with Crippen molar-refractivity contribution < 1.29 is 26.8 Å². The van der Waals surface area contributed by atoms with Crippen LogP contribution >= 0.6 is 0 Å². The predicted octanol–water partition coefficient (Wildman–Crippen LogP) is 4.59. The van der Waals surface area contributed by atoms with Crippen LogP contribution in [0.15, 0.2) is 5.57 Å². The van der Waals surface area contributed by atoms with Crippen molar-refractivity contribution in [2.24, 2.45) is 5.41 Å². The molecule has 1 nitrogen and oxygen atoms in total. The van der Waals surface area contributed by atoms with Crippen molar-refractivity contribution in [2.45, 2.75) is 47.1 Å². The van der Waals surface area contributed by atoms with Gasteiger partial charge in [0.05, 0.1) is 6.10 Å². The molecule has 120 valence electrons. The third kappa shape index (κ3) is 15.3. The number of hydrogen-bond donors (Lipinski definition) is 1. The normalized spacial score (nSPS) is 19.3. The van der Waals surface area contributed by atoms with E-state index in [9.17, 15) is 5.11 Å². The fraction of sp³-hybridized carbons (Fsp3) is 0.400.